The molecule has 0 bridgehead atoms. The number of guanidine groups is 1. The van der Waals surface area contributed by atoms with Crippen LogP contribution in [0.25, 0.3) is 10.9 Å². The van der Waals surface area contributed by atoms with Crippen LogP contribution in [0.2, 0.25) is 0 Å². The van der Waals surface area contributed by atoms with E-state index in [9.17, 15) is 24.3 Å². The number of hydrogen-bond donors (Lipinski definition) is 9. The van der Waals surface area contributed by atoms with Crippen molar-refractivity contribution in [2.75, 3.05) is 18.8 Å². The van der Waals surface area contributed by atoms with E-state index in [-0.39, 0.29) is 31.1 Å². The largest absolute Gasteiger partial charge is 0.480 e. The molecule has 0 saturated carbocycles. The molecule has 0 aliphatic heterocycles. The summed E-state index contributed by atoms with van der Waals surface area (Å²) in [5.74, 6) is -3.16. The fourth-order valence-corrected chi connectivity index (χ4v) is 3.56. The summed E-state index contributed by atoms with van der Waals surface area (Å²) in [7, 11) is 0. The van der Waals surface area contributed by atoms with Crippen LogP contribution < -0.4 is 33.2 Å². The molecule has 36 heavy (non-hydrogen) atoms. The van der Waals surface area contributed by atoms with Gasteiger partial charge < -0.3 is 43.2 Å². The molecule has 196 valence electrons. The monoisotopic (exact) mass is 520 g/mol. The number of aliphatic imine (C=N–C) groups is 1. The number of nitrogens with two attached hydrogens (primary N) is 3. The van der Waals surface area contributed by atoms with E-state index in [1.165, 1.54) is 0 Å². The van der Waals surface area contributed by atoms with Gasteiger partial charge >= 0.3 is 5.97 Å². The summed E-state index contributed by atoms with van der Waals surface area (Å²) in [6.07, 6.45) is 2.18. The van der Waals surface area contributed by atoms with Crippen LogP contribution in [0, 0.1) is 0 Å². The molecule has 0 radical (unpaired) electrons. The van der Waals surface area contributed by atoms with E-state index in [1.54, 1.807) is 6.20 Å². The molecule has 0 saturated heterocycles. The highest BCUT2D eigenvalue weighted by Gasteiger charge is 2.27. The Morgan fingerprint density at radius 2 is 1.81 bits per heavy atom. The molecule has 1 heterocycles. The van der Waals surface area contributed by atoms with Gasteiger partial charge in [0.25, 0.3) is 0 Å². The number of nitrogens with zero attached hydrogens (tertiary/aromatic N) is 1. The van der Waals surface area contributed by atoms with Crippen molar-refractivity contribution in [3.63, 3.8) is 0 Å². The highest BCUT2D eigenvalue weighted by molar-refractivity contribution is 7.80. The first-order chi connectivity index (χ1) is 17.1. The Hall–Kier alpha value is -3.78. The average molecular weight is 521 g/mol. The summed E-state index contributed by atoms with van der Waals surface area (Å²) >= 11 is 3.94. The van der Waals surface area contributed by atoms with Crippen LogP contribution in [-0.2, 0) is 25.6 Å². The Kier molecular flexibility index (Phi) is 11.0. The van der Waals surface area contributed by atoms with Crippen LogP contribution >= 0.6 is 12.6 Å². The van der Waals surface area contributed by atoms with Crippen molar-refractivity contribution in [1.82, 2.24) is 20.9 Å². The predicted octanol–water partition coefficient (Wildman–Crippen LogP) is -1.81. The second-order valence-corrected chi connectivity index (χ2v) is 8.40. The third kappa shape index (κ3) is 8.78. The number of para-hydroxylation sites is 1. The minimum atomic E-state index is -1.24. The third-order valence-corrected chi connectivity index (χ3v) is 5.66. The second kappa shape index (κ2) is 13.9. The van der Waals surface area contributed by atoms with Crippen molar-refractivity contribution >= 4 is 53.2 Å². The summed E-state index contributed by atoms with van der Waals surface area (Å²) in [5, 5.41) is 17.8. The van der Waals surface area contributed by atoms with Gasteiger partial charge in [0, 0.05) is 35.8 Å². The number of thiol groups is 1. The minimum absolute atomic E-state index is 0.0727. The van der Waals surface area contributed by atoms with Gasteiger partial charge in [-0.05, 0) is 24.5 Å². The predicted molar refractivity (Wildman–Crippen MR) is 138 cm³/mol. The highest BCUT2D eigenvalue weighted by atomic mass is 32.1. The van der Waals surface area contributed by atoms with Crippen LogP contribution in [0.5, 0.6) is 0 Å². The molecule has 0 aliphatic carbocycles. The van der Waals surface area contributed by atoms with E-state index >= 15 is 0 Å². The molecular weight excluding hydrogens is 488 g/mol. The lowest BCUT2D eigenvalue weighted by Crippen LogP contribution is -2.54. The topological polar surface area (TPSA) is 231 Å². The Labute approximate surface area is 213 Å². The zero-order valence-corrected chi connectivity index (χ0v) is 20.5. The quantitative estimate of drug-likeness (QED) is 0.0595. The van der Waals surface area contributed by atoms with Gasteiger partial charge in [-0.2, -0.15) is 12.6 Å². The summed E-state index contributed by atoms with van der Waals surface area (Å²) in [6.45, 7) is -0.218. The molecule has 2 aromatic rings. The molecule has 3 unspecified atom stereocenters. The summed E-state index contributed by atoms with van der Waals surface area (Å²) < 4.78 is 0. The number of carboxylic acids is 1. The molecule has 13 nitrogen and oxygen atoms in total. The van der Waals surface area contributed by atoms with Crippen LogP contribution in [0.4, 0.5) is 0 Å². The smallest absolute Gasteiger partial charge is 0.326 e. The number of carboxylic acid groups (broad SMARTS) is 1. The number of carbonyl (C=O) groups excluding carboxylic acids is 3. The molecule has 1 aromatic carbocycles. The summed E-state index contributed by atoms with van der Waals surface area (Å²) in [6, 6.07) is 4.19. The maximum atomic E-state index is 13.1. The van der Waals surface area contributed by atoms with E-state index in [0.29, 0.717) is 6.42 Å². The Morgan fingerprint density at radius 3 is 2.47 bits per heavy atom. The molecule has 2 rings (SSSR count). The molecule has 14 heteroatoms. The van der Waals surface area contributed by atoms with E-state index in [0.717, 1.165) is 16.5 Å². The SMILES string of the molecule is NC(N)=NCCCC(NC(=O)C(Cc1c[nH]c2ccccc12)NC(=O)CNC(=O)C(N)CS)C(=O)O. The van der Waals surface area contributed by atoms with Gasteiger partial charge in [0.05, 0.1) is 12.6 Å². The Bertz CT molecular complexity index is 1100. The van der Waals surface area contributed by atoms with Gasteiger partial charge in [0.2, 0.25) is 17.7 Å². The van der Waals surface area contributed by atoms with Gasteiger partial charge in [0.15, 0.2) is 5.96 Å². The van der Waals surface area contributed by atoms with Crippen LogP contribution in [0.3, 0.4) is 0 Å². The van der Waals surface area contributed by atoms with Crippen molar-refractivity contribution < 1.29 is 24.3 Å². The number of hydrogen-bond acceptors (Lipinski definition) is 7. The van der Waals surface area contributed by atoms with Crippen molar-refractivity contribution in [1.29, 1.82) is 0 Å². The minimum Gasteiger partial charge on any atom is -0.480 e. The lowest BCUT2D eigenvalue weighted by atomic mass is 10.0. The van der Waals surface area contributed by atoms with Gasteiger partial charge in [-0.3, -0.25) is 19.4 Å². The number of H-pyrrole nitrogens is 1. The highest BCUT2D eigenvalue weighted by Crippen LogP contribution is 2.19. The third-order valence-electron chi connectivity index (χ3n) is 5.27. The van der Waals surface area contributed by atoms with Crippen molar-refractivity contribution in [3.8, 4) is 0 Å². The number of aromatic amines is 1. The lowest BCUT2D eigenvalue weighted by molar-refractivity contribution is -0.142. The molecule has 3 atom stereocenters. The van der Waals surface area contributed by atoms with E-state index in [2.05, 4.69) is 38.6 Å². The molecule has 11 N–H and O–H groups in total. The zero-order valence-electron chi connectivity index (χ0n) is 19.6. The standard InChI is InChI=1S/C22H32N8O5S/c23-14(11-36)19(32)28-10-18(31)29-17(8-12-9-27-15-5-2-1-4-13(12)15)20(33)30-16(21(34)35)6-3-7-26-22(24)25/h1-2,4-5,9,14,16-17,27,36H,3,6-8,10-11,23H2,(H,28,32)(H,29,31)(H,30,33)(H,34,35)(H4,24,25,26). The number of aliphatic carboxylic acids is 1. The summed E-state index contributed by atoms with van der Waals surface area (Å²) in [4.78, 5) is 56.1. The average Bonchev–Trinajstić information content (AvgIpc) is 3.25. The van der Waals surface area contributed by atoms with Crippen molar-refractivity contribution in [2.45, 2.75) is 37.4 Å². The number of rotatable bonds is 14. The Morgan fingerprint density at radius 1 is 1.08 bits per heavy atom. The Balaban J connectivity index is 2.14. The first-order valence-corrected chi connectivity index (χ1v) is 11.8. The summed E-state index contributed by atoms with van der Waals surface area (Å²) in [5.41, 5.74) is 17.7. The fraction of sp³-hybridized carbons (Fsp3) is 0.409. The first-order valence-electron chi connectivity index (χ1n) is 11.2. The number of amides is 3. The van der Waals surface area contributed by atoms with Gasteiger partial charge in [-0.25, -0.2) is 4.79 Å². The molecule has 0 spiro atoms. The first kappa shape index (κ1) is 28.5. The molecular formula is C22H32N8O5S. The number of benzene rings is 1. The molecule has 1 aromatic heterocycles. The van der Waals surface area contributed by atoms with Gasteiger partial charge in [-0.15, -0.1) is 0 Å². The normalized spacial score (nSPS) is 13.3. The van der Waals surface area contributed by atoms with E-state index in [1.807, 2.05) is 24.3 Å². The van der Waals surface area contributed by atoms with Crippen LogP contribution in [-0.4, -0.2) is 76.7 Å². The van der Waals surface area contributed by atoms with E-state index in [4.69, 9.17) is 17.2 Å². The van der Waals surface area contributed by atoms with Crippen LogP contribution in [0.1, 0.15) is 18.4 Å². The fourth-order valence-electron chi connectivity index (χ4n) is 3.39. The van der Waals surface area contributed by atoms with Crippen molar-refractivity contribution in [3.05, 3.63) is 36.0 Å². The molecule has 0 fully saturated rings. The van der Waals surface area contributed by atoms with Crippen molar-refractivity contribution in [2.24, 2.45) is 22.2 Å². The molecule has 3 amide bonds. The van der Waals surface area contributed by atoms with Gasteiger partial charge in [-0.1, -0.05) is 18.2 Å². The number of nitrogens with one attached hydrogen (secondary N) is 4. The maximum Gasteiger partial charge on any atom is 0.326 e. The van der Waals surface area contributed by atoms with Crippen LogP contribution in [0.15, 0.2) is 35.5 Å². The molecule has 0 aliphatic rings. The lowest BCUT2D eigenvalue weighted by Gasteiger charge is -2.22. The maximum absolute atomic E-state index is 13.1. The number of carbonyl (C=O) groups is 4. The van der Waals surface area contributed by atoms with Gasteiger partial charge in [0.1, 0.15) is 12.1 Å². The zero-order chi connectivity index (χ0) is 26.7. The number of fused-ring (bicyclic) bond motifs is 1. The van der Waals surface area contributed by atoms with E-state index < -0.39 is 48.4 Å². The second-order valence-electron chi connectivity index (χ2n) is 8.04. The number of aromatic nitrogens is 1.